The van der Waals surface area contributed by atoms with Crippen LogP contribution in [-0.4, -0.2) is 74.8 Å². The molecule has 1 atom stereocenters. The summed E-state index contributed by atoms with van der Waals surface area (Å²) in [5.41, 5.74) is 1.33. The van der Waals surface area contributed by atoms with Crippen molar-refractivity contribution in [3.05, 3.63) is 34.9 Å². The highest BCUT2D eigenvalue weighted by Gasteiger charge is 2.30. The van der Waals surface area contributed by atoms with Gasteiger partial charge < -0.3 is 15.0 Å². The van der Waals surface area contributed by atoms with Crippen LogP contribution in [0.15, 0.2) is 29.3 Å². The van der Waals surface area contributed by atoms with Gasteiger partial charge in [-0.05, 0) is 37.0 Å². The lowest BCUT2D eigenvalue weighted by Gasteiger charge is -2.32. The molecule has 6 heteroatoms. The molecule has 0 spiro atoms. The Labute approximate surface area is 156 Å². The number of ether oxygens (including phenoxy) is 1. The highest BCUT2D eigenvalue weighted by atomic mass is 35.5. The number of hydrogen-bond donors (Lipinski definition) is 1. The zero-order valence-corrected chi connectivity index (χ0v) is 15.8. The lowest BCUT2D eigenvalue weighted by Crippen LogP contribution is -2.46. The van der Waals surface area contributed by atoms with Crippen LogP contribution in [0.2, 0.25) is 5.02 Å². The van der Waals surface area contributed by atoms with Gasteiger partial charge in [0, 0.05) is 50.8 Å². The summed E-state index contributed by atoms with van der Waals surface area (Å²) < 4.78 is 5.46. The van der Waals surface area contributed by atoms with Crippen LogP contribution in [0.3, 0.4) is 0 Å². The average Bonchev–Trinajstić information content (AvgIpc) is 3.14. The maximum Gasteiger partial charge on any atom is 0.193 e. The number of benzene rings is 1. The molecule has 1 unspecified atom stereocenters. The maximum atomic E-state index is 5.93. The van der Waals surface area contributed by atoms with Gasteiger partial charge in [0.1, 0.15) is 0 Å². The Balaban J connectivity index is 1.39. The van der Waals surface area contributed by atoms with Gasteiger partial charge in [-0.15, -0.1) is 0 Å². The van der Waals surface area contributed by atoms with E-state index in [2.05, 4.69) is 32.2 Å². The van der Waals surface area contributed by atoms with E-state index in [4.69, 9.17) is 16.3 Å². The van der Waals surface area contributed by atoms with E-state index in [0.717, 1.165) is 69.8 Å². The third-order valence-electron chi connectivity index (χ3n) is 5.08. The summed E-state index contributed by atoms with van der Waals surface area (Å²) in [7, 11) is 1.88. The molecular weight excluding hydrogens is 336 g/mol. The van der Waals surface area contributed by atoms with Crippen molar-refractivity contribution in [2.45, 2.75) is 25.3 Å². The number of halogens is 1. The molecular formula is C19H29ClN4O. The molecule has 5 nitrogen and oxygen atoms in total. The summed E-state index contributed by atoms with van der Waals surface area (Å²) in [5.74, 6) is 1.03. The van der Waals surface area contributed by atoms with Gasteiger partial charge in [-0.1, -0.05) is 23.7 Å². The summed E-state index contributed by atoms with van der Waals surface area (Å²) in [5, 5.41) is 4.32. The van der Waals surface area contributed by atoms with Gasteiger partial charge in [-0.3, -0.25) is 9.89 Å². The molecule has 2 heterocycles. The van der Waals surface area contributed by atoms with Crippen molar-refractivity contribution in [3.63, 3.8) is 0 Å². The molecule has 1 N–H and O–H groups in total. The summed E-state index contributed by atoms with van der Waals surface area (Å²) >= 11 is 5.93. The quantitative estimate of drug-likeness (QED) is 0.494. The highest BCUT2D eigenvalue weighted by molar-refractivity contribution is 6.30. The van der Waals surface area contributed by atoms with E-state index in [9.17, 15) is 0 Å². The van der Waals surface area contributed by atoms with E-state index in [1.54, 1.807) is 0 Å². The zero-order valence-electron chi connectivity index (χ0n) is 15.1. The Hall–Kier alpha value is -1.30. The molecule has 0 saturated carbocycles. The molecule has 0 amide bonds. The van der Waals surface area contributed by atoms with Crippen molar-refractivity contribution < 1.29 is 4.74 Å². The second-order valence-corrected chi connectivity index (χ2v) is 7.18. The summed E-state index contributed by atoms with van der Waals surface area (Å²) in [6.45, 7) is 6.95. The molecule has 2 aliphatic rings. The van der Waals surface area contributed by atoms with E-state index < -0.39 is 0 Å². The SMILES string of the molecule is CN=C(NCCCc1ccc(Cl)cc1)N1CCC(N2CCOCC2)C1. The van der Waals surface area contributed by atoms with Gasteiger partial charge in [0.2, 0.25) is 0 Å². The van der Waals surface area contributed by atoms with Crippen molar-refractivity contribution in [1.29, 1.82) is 0 Å². The number of nitrogens with one attached hydrogen (secondary N) is 1. The van der Waals surface area contributed by atoms with Crippen LogP contribution in [0, 0.1) is 0 Å². The summed E-state index contributed by atoms with van der Waals surface area (Å²) in [4.78, 5) is 9.43. The largest absolute Gasteiger partial charge is 0.379 e. The van der Waals surface area contributed by atoms with Crippen LogP contribution >= 0.6 is 11.6 Å². The molecule has 0 aromatic heterocycles. The Morgan fingerprint density at radius 2 is 2.00 bits per heavy atom. The van der Waals surface area contributed by atoms with Crippen LogP contribution in [0.4, 0.5) is 0 Å². The number of aryl methyl sites for hydroxylation is 1. The number of guanidine groups is 1. The normalized spacial score (nSPS) is 22.4. The minimum atomic E-state index is 0.636. The molecule has 1 aromatic carbocycles. The summed E-state index contributed by atoms with van der Waals surface area (Å²) in [6, 6.07) is 8.75. The zero-order chi connectivity index (χ0) is 17.5. The second kappa shape index (κ2) is 9.41. The molecule has 0 bridgehead atoms. The van der Waals surface area contributed by atoms with Crippen LogP contribution in [0.25, 0.3) is 0 Å². The fourth-order valence-electron chi connectivity index (χ4n) is 3.65. The minimum absolute atomic E-state index is 0.636. The summed E-state index contributed by atoms with van der Waals surface area (Å²) in [6.07, 6.45) is 3.35. The van der Waals surface area contributed by atoms with Crippen molar-refractivity contribution in [1.82, 2.24) is 15.1 Å². The van der Waals surface area contributed by atoms with Gasteiger partial charge in [0.25, 0.3) is 0 Å². The molecule has 2 saturated heterocycles. The first-order chi connectivity index (χ1) is 12.3. The average molecular weight is 365 g/mol. The van der Waals surface area contributed by atoms with Gasteiger partial charge in [0.05, 0.1) is 13.2 Å². The van der Waals surface area contributed by atoms with Crippen molar-refractivity contribution in [2.75, 3.05) is 53.0 Å². The van der Waals surface area contributed by atoms with Crippen LogP contribution in [0.1, 0.15) is 18.4 Å². The van der Waals surface area contributed by atoms with Gasteiger partial charge in [-0.2, -0.15) is 0 Å². The number of hydrogen-bond acceptors (Lipinski definition) is 3. The first-order valence-electron chi connectivity index (χ1n) is 9.28. The third-order valence-corrected chi connectivity index (χ3v) is 5.33. The Kier molecular flexibility index (Phi) is 6.96. The standard InChI is InChI=1S/C19H29ClN4O/c1-21-19(22-9-2-3-16-4-6-17(20)7-5-16)24-10-8-18(15-24)23-11-13-25-14-12-23/h4-7,18H,2-3,8-15H2,1H3,(H,21,22). The lowest BCUT2D eigenvalue weighted by molar-refractivity contribution is 0.0195. The van der Waals surface area contributed by atoms with E-state index >= 15 is 0 Å². The number of likely N-dealkylation sites (tertiary alicyclic amines) is 1. The molecule has 1 aromatic rings. The molecule has 0 radical (unpaired) electrons. The highest BCUT2D eigenvalue weighted by Crippen LogP contribution is 2.17. The van der Waals surface area contributed by atoms with Crippen molar-refractivity contribution in [2.24, 2.45) is 4.99 Å². The van der Waals surface area contributed by atoms with Gasteiger partial charge in [-0.25, -0.2) is 0 Å². The second-order valence-electron chi connectivity index (χ2n) is 6.74. The van der Waals surface area contributed by atoms with Crippen molar-refractivity contribution in [3.8, 4) is 0 Å². The van der Waals surface area contributed by atoms with Crippen LogP contribution in [0.5, 0.6) is 0 Å². The number of aliphatic imine (C=N–C) groups is 1. The van der Waals surface area contributed by atoms with Crippen LogP contribution in [-0.2, 0) is 11.2 Å². The number of morpholine rings is 1. The lowest BCUT2D eigenvalue weighted by atomic mass is 10.1. The monoisotopic (exact) mass is 364 g/mol. The molecule has 3 rings (SSSR count). The minimum Gasteiger partial charge on any atom is -0.379 e. The first kappa shape index (κ1) is 18.5. The smallest absolute Gasteiger partial charge is 0.193 e. The predicted octanol–water partition coefficient (Wildman–Crippen LogP) is 2.25. The molecule has 2 fully saturated rings. The molecule has 0 aliphatic carbocycles. The molecule has 2 aliphatic heterocycles. The first-order valence-corrected chi connectivity index (χ1v) is 9.66. The molecule has 25 heavy (non-hydrogen) atoms. The third kappa shape index (κ3) is 5.33. The van der Waals surface area contributed by atoms with Gasteiger partial charge >= 0.3 is 0 Å². The Bertz CT molecular complexity index is 557. The maximum absolute atomic E-state index is 5.93. The Morgan fingerprint density at radius 3 is 2.72 bits per heavy atom. The van der Waals surface area contributed by atoms with E-state index in [-0.39, 0.29) is 0 Å². The fourth-order valence-corrected chi connectivity index (χ4v) is 3.78. The van der Waals surface area contributed by atoms with Crippen LogP contribution < -0.4 is 5.32 Å². The van der Waals surface area contributed by atoms with Crippen molar-refractivity contribution >= 4 is 17.6 Å². The topological polar surface area (TPSA) is 40.1 Å². The van der Waals surface area contributed by atoms with E-state index in [0.29, 0.717) is 6.04 Å². The fraction of sp³-hybridized carbons (Fsp3) is 0.632. The Morgan fingerprint density at radius 1 is 1.24 bits per heavy atom. The van der Waals surface area contributed by atoms with E-state index in [1.165, 1.54) is 12.0 Å². The number of nitrogens with zero attached hydrogens (tertiary/aromatic N) is 3. The number of rotatable bonds is 5. The molecule has 138 valence electrons. The predicted molar refractivity (Wildman–Crippen MR) is 104 cm³/mol. The van der Waals surface area contributed by atoms with E-state index in [1.807, 2.05) is 19.2 Å². The van der Waals surface area contributed by atoms with Gasteiger partial charge in [0.15, 0.2) is 5.96 Å².